The summed E-state index contributed by atoms with van der Waals surface area (Å²) in [5.41, 5.74) is 1.88. The van der Waals surface area contributed by atoms with Crippen molar-refractivity contribution in [3.63, 3.8) is 0 Å². The lowest BCUT2D eigenvalue weighted by atomic mass is 10.0. The molecule has 0 saturated carbocycles. The highest BCUT2D eigenvalue weighted by atomic mass is 35.5. The Morgan fingerprint density at radius 1 is 1.40 bits per heavy atom. The van der Waals surface area contributed by atoms with Gasteiger partial charge in [0.2, 0.25) is 0 Å². The first-order valence-electron chi connectivity index (χ1n) is 6.34. The van der Waals surface area contributed by atoms with E-state index in [4.69, 9.17) is 27.9 Å². The quantitative estimate of drug-likeness (QED) is 0.918. The van der Waals surface area contributed by atoms with Crippen molar-refractivity contribution >= 4 is 23.2 Å². The molecule has 1 aromatic heterocycles. The molecular formula is C14H17Cl2N3O. The Balaban J connectivity index is 2.55. The van der Waals surface area contributed by atoms with Crippen LogP contribution >= 0.6 is 23.2 Å². The molecule has 1 aromatic carbocycles. The number of halogens is 2. The molecule has 6 heteroatoms. The second-order valence-corrected chi connectivity index (χ2v) is 5.15. The minimum atomic E-state index is -0.114. The van der Waals surface area contributed by atoms with Gasteiger partial charge in [0, 0.05) is 17.1 Å². The molecule has 0 amide bonds. The van der Waals surface area contributed by atoms with Crippen LogP contribution in [0.1, 0.15) is 24.2 Å². The van der Waals surface area contributed by atoms with E-state index in [1.54, 1.807) is 19.4 Å². The third-order valence-corrected chi connectivity index (χ3v) is 3.73. The Morgan fingerprint density at radius 3 is 2.75 bits per heavy atom. The molecule has 2 aromatic rings. The largest absolute Gasteiger partial charge is 0.496 e. The van der Waals surface area contributed by atoms with Gasteiger partial charge >= 0.3 is 0 Å². The van der Waals surface area contributed by atoms with Gasteiger partial charge in [-0.05, 0) is 26.1 Å². The van der Waals surface area contributed by atoms with Crippen molar-refractivity contribution in [2.24, 2.45) is 0 Å². The van der Waals surface area contributed by atoms with Crippen molar-refractivity contribution in [2.75, 3.05) is 14.2 Å². The summed E-state index contributed by atoms with van der Waals surface area (Å²) >= 11 is 12.3. The number of methoxy groups -OCH3 is 1. The Morgan fingerprint density at radius 2 is 2.15 bits per heavy atom. The molecule has 0 aliphatic rings. The molecule has 20 heavy (non-hydrogen) atoms. The first-order chi connectivity index (χ1) is 9.62. The van der Waals surface area contributed by atoms with Gasteiger partial charge in [-0.3, -0.25) is 4.68 Å². The van der Waals surface area contributed by atoms with Crippen LogP contribution in [0.5, 0.6) is 5.75 Å². The van der Waals surface area contributed by atoms with E-state index in [0.29, 0.717) is 10.0 Å². The van der Waals surface area contributed by atoms with Gasteiger partial charge in [0.05, 0.1) is 30.1 Å². The van der Waals surface area contributed by atoms with Crippen LogP contribution in [0.2, 0.25) is 10.0 Å². The van der Waals surface area contributed by atoms with E-state index < -0.39 is 0 Å². The summed E-state index contributed by atoms with van der Waals surface area (Å²) in [7, 11) is 3.50. The van der Waals surface area contributed by atoms with E-state index in [1.165, 1.54) is 0 Å². The smallest absolute Gasteiger partial charge is 0.125 e. The summed E-state index contributed by atoms with van der Waals surface area (Å²) in [6.45, 7) is 2.77. The van der Waals surface area contributed by atoms with Gasteiger partial charge in [0.25, 0.3) is 0 Å². The second kappa shape index (κ2) is 6.48. The number of nitrogens with one attached hydrogen (secondary N) is 1. The van der Waals surface area contributed by atoms with E-state index >= 15 is 0 Å². The number of aryl methyl sites for hydroxylation is 1. The van der Waals surface area contributed by atoms with Crippen LogP contribution in [0.25, 0.3) is 0 Å². The molecule has 0 saturated heterocycles. The Labute approximate surface area is 128 Å². The van der Waals surface area contributed by atoms with E-state index in [1.807, 2.05) is 30.8 Å². The maximum Gasteiger partial charge on any atom is 0.125 e. The third kappa shape index (κ3) is 2.77. The zero-order valence-corrected chi connectivity index (χ0v) is 13.2. The molecule has 1 atom stereocenters. The maximum atomic E-state index is 6.28. The Hall–Kier alpha value is -1.23. The number of ether oxygens (including phenoxy) is 1. The number of benzene rings is 1. The molecule has 0 aliphatic carbocycles. The summed E-state index contributed by atoms with van der Waals surface area (Å²) in [4.78, 5) is 0. The molecule has 0 bridgehead atoms. The molecule has 0 radical (unpaired) electrons. The van der Waals surface area contributed by atoms with Crippen molar-refractivity contribution in [1.82, 2.24) is 15.1 Å². The molecule has 1 N–H and O–H groups in total. The minimum Gasteiger partial charge on any atom is -0.496 e. The van der Waals surface area contributed by atoms with Gasteiger partial charge in [-0.2, -0.15) is 5.10 Å². The van der Waals surface area contributed by atoms with E-state index in [-0.39, 0.29) is 6.04 Å². The van der Waals surface area contributed by atoms with Crippen LogP contribution < -0.4 is 10.1 Å². The number of hydrogen-bond acceptors (Lipinski definition) is 3. The number of nitrogens with zero attached hydrogens (tertiary/aromatic N) is 2. The predicted octanol–water partition coefficient (Wildman–Crippen LogP) is 3.53. The number of aromatic nitrogens is 2. The predicted molar refractivity (Wildman–Crippen MR) is 81.8 cm³/mol. The summed E-state index contributed by atoms with van der Waals surface area (Å²) in [5.74, 6) is 0.719. The van der Waals surface area contributed by atoms with Gasteiger partial charge in [0.1, 0.15) is 5.75 Å². The van der Waals surface area contributed by atoms with E-state index in [2.05, 4.69) is 10.4 Å². The molecule has 1 heterocycles. The van der Waals surface area contributed by atoms with Crippen LogP contribution in [0, 0.1) is 0 Å². The average Bonchev–Trinajstić information content (AvgIpc) is 2.82. The molecule has 0 aliphatic heterocycles. The fraction of sp³-hybridized carbons (Fsp3) is 0.357. The highest BCUT2D eigenvalue weighted by Gasteiger charge is 2.23. The van der Waals surface area contributed by atoms with Gasteiger partial charge in [0.15, 0.2) is 0 Å². The number of rotatable bonds is 5. The van der Waals surface area contributed by atoms with E-state index in [9.17, 15) is 0 Å². The number of hydrogen-bond donors (Lipinski definition) is 1. The maximum absolute atomic E-state index is 6.28. The van der Waals surface area contributed by atoms with Crippen LogP contribution in [-0.4, -0.2) is 23.9 Å². The fourth-order valence-corrected chi connectivity index (χ4v) is 2.69. The van der Waals surface area contributed by atoms with Gasteiger partial charge in [-0.15, -0.1) is 0 Å². The second-order valence-electron chi connectivity index (χ2n) is 4.30. The van der Waals surface area contributed by atoms with Crippen LogP contribution in [0.15, 0.2) is 24.4 Å². The SMILES string of the molecule is CCn1ncc(Cl)c1C(NC)c1ccc(Cl)cc1OC. The summed E-state index contributed by atoms with van der Waals surface area (Å²) < 4.78 is 7.30. The molecule has 4 nitrogen and oxygen atoms in total. The first kappa shape index (κ1) is 15.2. The lowest BCUT2D eigenvalue weighted by Crippen LogP contribution is -2.22. The van der Waals surface area contributed by atoms with Gasteiger partial charge in [-0.25, -0.2) is 0 Å². The molecule has 108 valence electrons. The zero-order valence-electron chi connectivity index (χ0n) is 11.7. The molecule has 1 unspecified atom stereocenters. The van der Waals surface area contributed by atoms with Gasteiger partial charge in [-0.1, -0.05) is 29.3 Å². The van der Waals surface area contributed by atoms with Crippen LogP contribution in [0.4, 0.5) is 0 Å². The fourth-order valence-electron chi connectivity index (χ4n) is 2.27. The third-order valence-electron chi connectivity index (χ3n) is 3.20. The summed E-state index contributed by atoms with van der Waals surface area (Å²) in [6.07, 6.45) is 1.66. The minimum absolute atomic E-state index is 0.114. The summed E-state index contributed by atoms with van der Waals surface area (Å²) in [5, 5.41) is 8.80. The van der Waals surface area contributed by atoms with Crippen molar-refractivity contribution in [3.8, 4) is 5.75 Å². The lowest BCUT2D eigenvalue weighted by molar-refractivity contribution is 0.403. The van der Waals surface area contributed by atoms with E-state index in [0.717, 1.165) is 23.6 Å². The van der Waals surface area contributed by atoms with Crippen molar-refractivity contribution in [3.05, 3.63) is 45.7 Å². The Bertz CT molecular complexity index is 598. The summed E-state index contributed by atoms with van der Waals surface area (Å²) in [6, 6.07) is 5.45. The van der Waals surface area contributed by atoms with Crippen molar-refractivity contribution in [1.29, 1.82) is 0 Å². The normalized spacial score (nSPS) is 12.4. The standard InChI is InChI=1S/C14H17Cl2N3O/c1-4-19-14(11(16)8-18-19)13(17-2)10-6-5-9(15)7-12(10)20-3/h5-8,13,17H,4H2,1-3H3. The zero-order chi connectivity index (χ0) is 14.7. The van der Waals surface area contributed by atoms with Crippen LogP contribution in [-0.2, 0) is 6.54 Å². The molecule has 0 spiro atoms. The first-order valence-corrected chi connectivity index (χ1v) is 7.09. The average molecular weight is 314 g/mol. The lowest BCUT2D eigenvalue weighted by Gasteiger charge is -2.21. The van der Waals surface area contributed by atoms with Gasteiger partial charge < -0.3 is 10.1 Å². The molecule has 2 rings (SSSR count). The highest BCUT2D eigenvalue weighted by molar-refractivity contribution is 6.31. The topological polar surface area (TPSA) is 39.1 Å². The Kier molecular flexibility index (Phi) is 4.91. The van der Waals surface area contributed by atoms with Crippen molar-refractivity contribution in [2.45, 2.75) is 19.5 Å². The van der Waals surface area contributed by atoms with Crippen LogP contribution in [0.3, 0.4) is 0 Å². The molecule has 0 fully saturated rings. The highest BCUT2D eigenvalue weighted by Crippen LogP contribution is 2.34. The molecular weight excluding hydrogens is 297 g/mol. The van der Waals surface area contributed by atoms with Crippen molar-refractivity contribution < 1.29 is 4.74 Å². The monoisotopic (exact) mass is 313 g/mol.